The van der Waals surface area contributed by atoms with Crippen LogP contribution < -0.4 is 0 Å². The Hall–Kier alpha value is -2.26. The zero-order valence-corrected chi connectivity index (χ0v) is 16.8. The van der Waals surface area contributed by atoms with Crippen molar-refractivity contribution in [2.45, 2.75) is 37.5 Å². The lowest BCUT2D eigenvalue weighted by Crippen LogP contribution is -2.39. The van der Waals surface area contributed by atoms with Crippen LogP contribution in [0.5, 0.6) is 0 Å². The molecule has 4 heterocycles. The highest BCUT2D eigenvalue weighted by molar-refractivity contribution is 7.89. The van der Waals surface area contributed by atoms with Crippen molar-refractivity contribution in [3.8, 4) is 5.82 Å². The molecule has 2 aromatic heterocycles. The van der Waals surface area contributed by atoms with E-state index in [0.717, 1.165) is 38.8 Å². The van der Waals surface area contributed by atoms with Gasteiger partial charge in [0.15, 0.2) is 0 Å². The van der Waals surface area contributed by atoms with Gasteiger partial charge in [0.25, 0.3) is 5.91 Å². The smallest absolute Gasteiger partial charge is 0.274 e. The number of aromatic nitrogens is 3. The van der Waals surface area contributed by atoms with Gasteiger partial charge in [-0.2, -0.15) is 4.31 Å². The van der Waals surface area contributed by atoms with Crippen LogP contribution in [0.25, 0.3) is 5.82 Å². The highest BCUT2D eigenvalue weighted by Crippen LogP contribution is 2.23. The first-order chi connectivity index (χ1) is 13.4. The predicted octanol–water partition coefficient (Wildman–Crippen LogP) is 1.92. The lowest BCUT2D eigenvalue weighted by molar-refractivity contribution is 0.0787. The van der Waals surface area contributed by atoms with E-state index in [2.05, 4.69) is 16.9 Å². The summed E-state index contributed by atoms with van der Waals surface area (Å²) in [5.74, 6) is 0.821. The van der Waals surface area contributed by atoms with Gasteiger partial charge in [0.05, 0.1) is 0 Å². The van der Waals surface area contributed by atoms with Crippen LogP contribution in [0.2, 0.25) is 0 Å². The number of amides is 1. The molecule has 0 N–H and O–H groups in total. The molecule has 0 aliphatic carbocycles. The van der Waals surface area contributed by atoms with E-state index in [-0.39, 0.29) is 10.8 Å². The molecule has 2 saturated heterocycles. The molecule has 0 spiro atoms. The maximum Gasteiger partial charge on any atom is 0.274 e. The monoisotopic (exact) mass is 403 g/mol. The Bertz CT molecular complexity index is 948. The van der Waals surface area contributed by atoms with Gasteiger partial charge >= 0.3 is 0 Å². The lowest BCUT2D eigenvalue weighted by atomic mass is 10.0. The van der Waals surface area contributed by atoms with Crippen LogP contribution >= 0.6 is 0 Å². The Labute approximate surface area is 165 Å². The molecule has 8 nitrogen and oxygen atoms in total. The van der Waals surface area contributed by atoms with Gasteiger partial charge in [0.1, 0.15) is 22.7 Å². The summed E-state index contributed by atoms with van der Waals surface area (Å²) in [4.78, 5) is 22.9. The van der Waals surface area contributed by atoms with Gasteiger partial charge in [-0.1, -0.05) is 6.92 Å². The Kier molecular flexibility index (Phi) is 5.20. The molecule has 2 aliphatic heterocycles. The number of hydrogen-bond acceptors (Lipinski definition) is 5. The van der Waals surface area contributed by atoms with Gasteiger partial charge in [0.2, 0.25) is 10.0 Å². The molecule has 28 heavy (non-hydrogen) atoms. The minimum atomic E-state index is -3.53. The van der Waals surface area contributed by atoms with Crippen molar-refractivity contribution in [3.05, 3.63) is 36.5 Å². The Morgan fingerprint density at radius 3 is 2.57 bits per heavy atom. The van der Waals surface area contributed by atoms with E-state index in [1.165, 1.54) is 12.5 Å². The van der Waals surface area contributed by atoms with E-state index in [1.807, 2.05) is 0 Å². The fourth-order valence-electron chi connectivity index (χ4n) is 3.83. The van der Waals surface area contributed by atoms with Crippen LogP contribution in [0.1, 0.15) is 43.1 Å². The van der Waals surface area contributed by atoms with Crippen LogP contribution in [0.3, 0.4) is 0 Å². The van der Waals surface area contributed by atoms with Gasteiger partial charge in [-0.15, -0.1) is 0 Å². The fraction of sp³-hybridized carbons (Fsp3) is 0.526. The Balaban J connectivity index is 1.51. The third kappa shape index (κ3) is 3.68. The molecular weight excluding hydrogens is 378 g/mol. The first-order valence-corrected chi connectivity index (χ1v) is 11.2. The minimum absolute atomic E-state index is 0.0744. The maximum absolute atomic E-state index is 12.8. The largest absolute Gasteiger partial charge is 0.337 e. The van der Waals surface area contributed by atoms with Crippen molar-refractivity contribution in [1.29, 1.82) is 0 Å². The lowest BCUT2D eigenvalue weighted by Gasteiger charge is -2.29. The maximum atomic E-state index is 12.8. The van der Waals surface area contributed by atoms with Crippen molar-refractivity contribution in [2.75, 3.05) is 26.2 Å². The highest BCUT2D eigenvalue weighted by Gasteiger charge is 2.29. The SMILES string of the molecule is C[C@@H]1CCCN(S(=O)(=O)c2ccc(-n3cnc(C(=O)N4CCCC4)c3)nc2)C1. The molecular formula is C19H25N5O3S. The summed E-state index contributed by atoms with van der Waals surface area (Å²) in [5.41, 5.74) is 0.378. The van der Waals surface area contributed by atoms with Crippen LogP contribution in [0.15, 0.2) is 35.7 Å². The summed E-state index contributed by atoms with van der Waals surface area (Å²) in [6.07, 6.45) is 8.55. The fourth-order valence-corrected chi connectivity index (χ4v) is 5.38. The average molecular weight is 404 g/mol. The van der Waals surface area contributed by atoms with Gasteiger partial charge in [-0.3, -0.25) is 9.36 Å². The Morgan fingerprint density at radius 1 is 1.11 bits per heavy atom. The molecule has 0 aromatic carbocycles. The number of imidazole rings is 1. The number of hydrogen-bond donors (Lipinski definition) is 0. The van der Waals surface area contributed by atoms with E-state index < -0.39 is 10.0 Å². The van der Waals surface area contributed by atoms with E-state index >= 15 is 0 Å². The van der Waals surface area contributed by atoms with Crippen LogP contribution in [0.4, 0.5) is 0 Å². The van der Waals surface area contributed by atoms with Crippen molar-refractivity contribution in [3.63, 3.8) is 0 Å². The molecule has 0 unspecified atom stereocenters. The van der Waals surface area contributed by atoms with E-state index in [1.54, 1.807) is 32.1 Å². The van der Waals surface area contributed by atoms with Gasteiger partial charge < -0.3 is 4.90 Å². The Morgan fingerprint density at radius 2 is 1.89 bits per heavy atom. The second-order valence-electron chi connectivity index (χ2n) is 7.63. The zero-order valence-electron chi connectivity index (χ0n) is 16.0. The number of sulfonamides is 1. The van der Waals surface area contributed by atoms with Crippen LogP contribution in [-0.2, 0) is 10.0 Å². The third-order valence-corrected chi connectivity index (χ3v) is 7.29. The molecule has 1 amide bonds. The molecule has 0 bridgehead atoms. The summed E-state index contributed by atoms with van der Waals surface area (Å²) < 4.78 is 28.9. The average Bonchev–Trinajstić information content (AvgIpc) is 3.40. The minimum Gasteiger partial charge on any atom is -0.337 e. The first-order valence-electron chi connectivity index (χ1n) is 9.75. The van der Waals surface area contributed by atoms with E-state index in [9.17, 15) is 13.2 Å². The third-order valence-electron chi connectivity index (χ3n) is 5.44. The number of carbonyl (C=O) groups excluding carboxylic acids is 1. The summed E-state index contributed by atoms with van der Waals surface area (Å²) in [5, 5.41) is 0. The number of pyridine rings is 1. The molecule has 1 atom stereocenters. The zero-order chi connectivity index (χ0) is 19.7. The highest BCUT2D eigenvalue weighted by atomic mass is 32.2. The van der Waals surface area contributed by atoms with Crippen molar-refractivity contribution in [2.24, 2.45) is 5.92 Å². The van der Waals surface area contributed by atoms with Crippen LogP contribution in [0, 0.1) is 5.92 Å². The number of rotatable bonds is 4. The summed E-state index contributed by atoms with van der Waals surface area (Å²) >= 11 is 0. The van der Waals surface area contributed by atoms with Gasteiger partial charge in [-0.25, -0.2) is 18.4 Å². The molecule has 2 aliphatic rings. The topological polar surface area (TPSA) is 88.4 Å². The molecule has 9 heteroatoms. The number of likely N-dealkylation sites (tertiary alicyclic amines) is 1. The summed E-state index contributed by atoms with van der Waals surface area (Å²) in [7, 11) is -3.53. The molecule has 0 saturated carbocycles. The normalized spacial score (nSPS) is 21.2. The number of nitrogens with zero attached hydrogens (tertiary/aromatic N) is 5. The number of carbonyl (C=O) groups is 1. The number of piperidine rings is 1. The van der Waals surface area contributed by atoms with E-state index in [4.69, 9.17) is 0 Å². The molecule has 0 radical (unpaired) electrons. The standard InChI is InChI=1S/C19H25N5O3S/c1-15-5-4-10-24(12-15)28(26,27)16-6-7-18(20-11-16)23-13-17(21-14-23)19(25)22-8-2-3-9-22/h6-7,11,13-15H,2-5,8-10,12H2,1H3/t15-/m1/s1. The second-order valence-corrected chi connectivity index (χ2v) is 9.57. The summed E-state index contributed by atoms with van der Waals surface area (Å²) in [6.45, 7) is 4.71. The molecule has 2 aromatic rings. The molecule has 4 rings (SSSR count). The van der Waals surface area contributed by atoms with Crippen molar-refractivity contribution >= 4 is 15.9 Å². The first kappa shape index (κ1) is 19.1. The van der Waals surface area contributed by atoms with Gasteiger partial charge in [0, 0.05) is 38.6 Å². The predicted molar refractivity (Wildman–Crippen MR) is 104 cm³/mol. The van der Waals surface area contributed by atoms with Crippen LogP contribution in [-0.4, -0.2) is 64.2 Å². The second kappa shape index (κ2) is 7.63. The van der Waals surface area contributed by atoms with Gasteiger partial charge in [-0.05, 0) is 43.7 Å². The molecule has 150 valence electrons. The molecule has 2 fully saturated rings. The van der Waals surface area contributed by atoms with Crippen molar-refractivity contribution < 1.29 is 13.2 Å². The van der Waals surface area contributed by atoms with Crippen molar-refractivity contribution in [1.82, 2.24) is 23.7 Å². The quantitative estimate of drug-likeness (QED) is 0.778. The summed E-state index contributed by atoms with van der Waals surface area (Å²) in [6, 6.07) is 3.21. The van der Waals surface area contributed by atoms with E-state index in [0.29, 0.717) is 30.5 Å².